The molecule has 0 spiro atoms. The fourth-order valence-electron chi connectivity index (χ4n) is 2.48. The number of rotatable bonds is 4. The minimum atomic E-state index is -0.128. The number of aromatic nitrogens is 5. The van der Waals surface area contributed by atoms with Crippen molar-refractivity contribution in [3.8, 4) is 0 Å². The summed E-state index contributed by atoms with van der Waals surface area (Å²) in [5.74, 6) is 1.12. The molecule has 3 aromatic rings. The lowest BCUT2D eigenvalue weighted by Crippen LogP contribution is -2.17. The molecule has 3 rings (SSSR count). The van der Waals surface area contributed by atoms with Crippen molar-refractivity contribution in [2.45, 2.75) is 33.6 Å². The Morgan fingerprint density at radius 1 is 1.17 bits per heavy atom. The van der Waals surface area contributed by atoms with Crippen LogP contribution in [0.2, 0.25) is 0 Å². The number of nitrogens with one attached hydrogen (secondary N) is 1. The van der Waals surface area contributed by atoms with Crippen molar-refractivity contribution < 1.29 is 4.79 Å². The third-order valence-electron chi connectivity index (χ3n) is 3.63. The number of carbonyl (C=O) groups excluding carboxylic acids is 1. The van der Waals surface area contributed by atoms with Gasteiger partial charge in [0.05, 0.1) is 12.1 Å². The van der Waals surface area contributed by atoms with Gasteiger partial charge in [-0.25, -0.2) is 9.67 Å². The predicted molar refractivity (Wildman–Crippen MR) is 86.4 cm³/mol. The van der Waals surface area contributed by atoms with Crippen LogP contribution in [0.4, 0.5) is 0 Å². The highest BCUT2D eigenvalue weighted by Gasteiger charge is 2.14. The van der Waals surface area contributed by atoms with Crippen LogP contribution in [-0.2, 0) is 12.8 Å². The maximum absolute atomic E-state index is 12.3. The van der Waals surface area contributed by atoms with Crippen LogP contribution in [0.1, 0.15) is 39.0 Å². The number of carbonyl (C=O) groups is 1. The molecule has 6 nitrogen and oxygen atoms in total. The van der Waals surface area contributed by atoms with E-state index in [-0.39, 0.29) is 12.3 Å². The summed E-state index contributed by atoms with van der Waals surface area (Å²) in [4.78, 5) is 16.7. The summed E-state index contributed by atoms with van der Waals surface area (Å²) >= 11 is 0. The zero-order valence-corrected chi connectivity index (χ0v) is 13.5. The Kier molecular flexibility index (Phi) is 4.06. The van der Waals surface area contributed by atoms with Crippen LogP contribution >= 0.6 is 0 Å². The van der Waals surface area contributed by atoms with Gasteiger partial charge in [-0.15, -0.1) is 0 Å². The number of aryl methyl sites for hydroxylation is 3. The second-order valence-electron chi connectivity index (χ2n) is 5.77. The molecular formula is C17H19N5O. The van der Waals surface area contributed by atoms with Crippen molar-refractivity contribution in [3.05, 3.63) is 64.5 Å². The maximum atomic E-state index is 12.3. The van der Waals surface area contributed by atoms with E-state index in [0.717, 1.165) is 22.8 Å². The third kappa shape index (κ3) is 3.53. The zero-order chi connectivity index (χ0) is 16.4. The SMILES string of the molecule is Cc1ccc(Cc2nc(CC(=O)n3nc(C)cc3C)n[nH]2)cc1. The number of hydrogen-bond donors (Lipinski definition) is 1. The highest BCUT2D eigenvalue weighted by molar-refractivity contribution is 5.80. The smallest absolute Gasteiger partial charge is 0.254 e. The summed E-state index contributed by atoms with van der Waals surface area (Å²) in [5, 5.41) is 11.2. The molecular weight excluding hydrogens is 290 g/mol. The van der Waals surface area contributed by atoms with Gasteiger partial charge in [-0.05, 0) is 32.4 Å². The van der Waals surface area contributed by atoms with Gasteiger partial charge < -0.3 is 0 Å². The fourth-order valence-corrected chi connectivity index (χ4v) is 2.48. The van der Waals surface area contributed by atoms with Crippen molar-refractivity contribution in [3.63, 3.8) is 0 Å². The third-order valence-corrected chi connectivity index (χ3v) is 3.63. The molecule has 0 radical (unpaired) electrons. The van der Waals surface area contributed by atoms with E-state index < -0.39 is 0 Å². The lowest BCUT2D eigenvalue weighted by molar-refractivity contribution is 0.0893. The van der Waals surface area contributed by atoms with Gasteiger partial charge in [0, 0.05) is 12.1 Å². The zero-order valence-electron chi connectivity index (χ0n) is 13.5. The number of H-pyrrole nitrogens is 1. The van der Waals surface area contributed by atoms with Gasteiger partial charge in [0.15, 0.2) is 5.82 Å². The molecule has 23 heavy (non-hydrogen) atoms. The van der Waals surface area contributed by atoms with Crippen molar-refractivity contribution in [2.24, 2.45) is 0 Å². The molecule has 0 amide bonds. The Bertz CT molecular complexity index is 829. The number of hydrogen-bond acceptors (Lipinski definition) is 4. The van der Waals surface area contributed by atoms with Gasteiger partial charge in [0.25, 0.3) is 5.91 Å². The van der Waals surface area contributed by atoms with E-state index >= 15 is 0 Å². The lowest BCUT2D eigenvalue weighted by Gasteiger charge is -2.00. The summed E-state index contributed by atoms with van der Waals surface area (Å²) < 4.78 is 1.41. The molecule has 0 fully saturated rings. The van der Waals surface area contributed by atoms with Gasteiger partial charge in [0.1, 0.15) is 5.82 Å². The van der Waals surface area contributed by atoms with Crippen molar-refractivity contribution in [2.75, 3.05) is 0 Å². The topological polar surface area (TPSA) is 76.5 Å². The molecule has 118 valence electrons. The van der Waals surface area contributed by atoms with Gasteiger partial charge in [-0.2, -0.15) is 10.2 Å². The van der Waals surface area contributed by atoms with Crippen LogP contribution in [0.5, 0.6) is 0 Å². The van der Waals surface area contributed by atoms with E-state index in [9.17, 15) is 4.79 Å². The summed E-state index contributed by atoms with van der Waals surface area (Å²) in [6, 6.07) is 10.1. The Morgan fingerprint density at radius 3 is 2.57 bits per heavy atom. The average Bonchev–Trinajstić information content (AvgIpc) is 3.07. The average molecular weight is 309 g/mol. The van der Waals surface area contributed by atoms with Crippen LogP contribution in [0.15, 0.2) is 30.3 Å². The minimum absolute atomic E-state index is 0.128. The number of aromatic amines is 1. The van der Waals surface area contributed by atoms with E-state index in [2.05, 4.69) is 51.5 Å². The standard InChI is InChI=1S/C17H19N5O/c1-11-4-6-14(7-5-11)9-15-18-16(20-19-15)10-17(23)22-13(3)8-12(2)21-22/h4-8H,9-10H2,1-3H3,(H,18,19,20). The first-order valence-electron chi connectivity index (χ1n) is 7.53. The Balaban J connectivity index is 1.68. The second kappa shape index (κ2) is 6.16. The summed E-state index contributed by atoms with van der Waals surface area (Å²) in [5.41, 5.74) is 4.03. The first kappa shape index (κ1) is 15.1. The van der Waals surface area contributed by atoms with Crippen LogP contribution in [0, 0.1) is 20.8 Å². The molecule has 0 unspecified atom stereocenters. The van der Waals surface area contributed by atoms with E-state index in [0.29, 0.717) is 12.2 Å². The van der Waals surface area contributed by atoms with Gasteiger partial charge in [-0.3, -0.25) is 9.89 Å². The normalized spacial score (nSPS) is 10.9. The molecule has 2 aromatic heterocycles. The summed E-state index contributed by atoms with van der Waals surface area (Å²) in [6.07, 6.45) is 0.799. The molecule has 0 aliphatic rings. The second-order valence-corrected chi connectivity index (χ2v) is 5.77. The maximum Gasteiger partial charge on any atom is 0.254 e. The predicted octanol–water partition coefficient (Wildman–Crippen LogP) is 2.40. The summed E-state index contributed by atoms with van der Waals surface area (Å²) in [7, 11) is 0. The van der Waals surface area contributed by atoms with Gasteiger partial charge in [-0.1, -0.05) is 29.8 Å². The van der Waals surface area contributed by atoms with Crippen molar-refractivity contribution in [1.29, 1.82) is 0 Å². The van der Waals surface area contributed by atoms with Gasteiger partial charge >= 0.3 is 0 Å². The highest BCUT2D eigenvalue weighted by Crippen LogP contribution is 2.08. The first-order valence-corrected chi connectivity index (χ1v) is 7.53. The van der Waals surface area contributed by atoms with E-state index in [4.69, 9.17) is 0 Å². The molecule has 1 aromatic carbocycles. The molecule has 1 N–H and O–H groups in total. The Morgan fingerprint density at radius 2 is 1.91 bits per heavy atom. The number of nitrogens with zero attached hydrogens (tertiary/aromatic N) is 4. The summed E-state index contributed by atoms with van der Waals surface area (Å²) in [6.45, 7) is 5.78. The van der Waals surface area contributed by atoms with E-state index in [1.165, 1.54) is 10.2 Å². The molecule has 0 atom stereocenters. The van der Waals surface area contributed by atoms with Crippen LogP contribution in [-0.4, -0.2) is 30.9 Å². The number of benzene rings is 1. The largest absolute Gasteiger partial charge is 0.272 e. The minimum Gasteiger partial charge on any atom is -0.272 e. The highest BCUT2D eigenvalue weighted by atomic mass is 16.2. The van der Waals surface area contributed by atoms with Crippen LogP contribution < -0.4 is 0 Å². The molecule has 0 bridgehead atoms. The molecule has 0 aliphatic carbocycles. The van der Waals surface area contributed by atoms with E-state index in [1.807, 2.05) is 19.9 Å². The van der Waals surface area contributed by atoms with Crippen molar-refractivity contribution >= 4 is 5.91 Å². The first-order chi connectivity index (χ1) is 11.0. The van der Waals surface area contributed by atoms with Gasteiger partial charge in [0.2, 0.25) is 0 Å². The van der Waals surface area contributed by atoms with E-state index in [1.54, 1.807) is 0 Å². The molecule has 6 heteroatoms. The van der Waals surface area contributed by atoms with Crippen LogP contribution in [0.25, 0.3) is 0 Å². The van der Waals surface area contributed by atoms with Crippen molar-refractivity contribution in [1.82, 2.24) is 25.0 Å². The Labute approximate surface area is 134 Å². The molecule has 0 aliphatic heterocycles. The molecule has 0 saturated carbocycles. The fraction of sp³-hybridized carbons (Fsp3) is 0.294. The molecule has 2 heterocycles. The monoisotopic (exact) mass is 309 g/mol. The van der Waals surface area contributed by atoms with Crippen LogP contribution in [0.3, 0.4) is 0 Å². The molecule has 0 saturated heterocycles. The lowest BCUT2D eigenvalue weighted by atomic mass is 10.1. The Hall–Kier alpha value is -2.76. The quantitative estimate of drug-likeness (QED) is 0.803.